The van der Waals surface area contributed by atoms with Crippen molar-refractivity contribution in [3.05, 3.63) is 283 Å². The van der Waals surface area contributed by atoms with Gasteiger partial charge in [-0.3, -0.25) is 0 Å². The zero-order valence-electron chi connectivity index (χ0n) is 41.0. The molecule has 0 bridgehead atoms. The first-order chi connectivity index (χ1) is 37.7. The molecule has 0 fully saturated rings. The van der Waals surface area contributed by atoms with Crippen LogP contribution in [0.1, 0.15) is 22.3 Å². The van der Waals surface area contributed by atoms with E-state index < -0.39 is 5.41 Å². The summed E-state index contributed by atoms with van der Waals surface area (Å²) in [6.07, 6.45) is 0. The Hall–Kier alpha value is -9.75. The van der Waals surface area contributed by atoms with Gasteiger partial charge in [0.2, 0.25) is 0 Å². The summed E-state index contributed by atoms with van der Waals surface area (Å²) in [5.41, 5.74) is 16.3. The molecular weight excluding hydrogens is 943 g/mol. The fraction of sp³-hybridized carbons (Fsp3) is 0.0143. The number of para-hydroxylation sites is 3. The first-order valence-electron chi connectivity index (χ1n) is 25.8. The monoisotopic (exact) mass is 985 g/mol. The predicted octanol–water partition coefficient (Wildman–Crippen LogP) is 17.8. The standard InChI is InChI=1S/C70H43N5S/c1-5-21-44(22-6-1)67-71-68(45-37-38-51-50-29-13-17-33-57(50)70(58(51)39-45,47-23-7-2-8-24-47)48-25-9-3-10-26-48)73-69(72-67)46-40-63(66-54-32-16-20-36-64(54)76-65(66)41-46)75-60-35-19-15-31-53(60)56-42-55-52-30-14-18-34-59(52)74(61(55)43-62(56)75)49-27-11-4-12-28-49/h1-43H. The molecule has 0 aliphatic heterocycles. The van der Waals surface area contributed by atoms with Gasteiger partial charge in [0.25, 0.3) is 0 Å². The summed E-state index contributed by atoms with van der Waals surface area (Å²) in [6, 6.07) is 94.6. The molecule has 0 N–H and O–H groups in total. The Labute approximate surface area is 441 Å². The number of hydrogen-bond donors (Lipinski definition) is 0. The van der Waals surface area contributed by atoms with E-state index >= 15 is 0 Å². The summed E-state index contributed by atoms with van der Waals surface area (Å²) in [5, 5.41) is 7.27. The molecule has 76 heavy (non-hydrogen) atoms. The van der Waals surface area contributed by atoms with E-state index in [0.29, 0.717) is 17.5 Å². The Kier molecular flexibility index (Phi) is 9.35. The van der Waals surface area contributed by atoms with E-state index in [1.54, 1.807) is 0 Å². The minimum Gasteiger partial charge on any atom is -0.309 e. The molecule has 0 spiro atoms. The van der Waals surface area contributed by atoms with E-state index in [0.717, 1.165) is 49.3 Å². The van der Waals surface area contributed by atoms with Crippen molar-refractivity contribution < 1.29 is 0 Å². The van der Waals surface area contributed by atoms with Crippen LogP contribution in [0.15, 0.2) is 261 Å². The van der Waals surface area contributed by atoms with E-state index in [2.05, 4.69) is 264 Å². The van der Waals surface area contributed by atoms with Crippen LogP contribution in [0.25, 0.3) is 120 Å². The van der Waals surface area contributed by atoms with Crippen molar-refractivity contribution in [1.82, 2.24) is 24.1 Å². The van der Waals surface area contributed by atoms with Crippen molar-refractivity contribution in [3.8, 4) is 56.7 Å². The van der Waals surface area contributed by atoms with Crippen molar-refractivity contribution >= 4 is 75.1 Å². The smallest absolute Gasteiger partial charge is 0.164 e. The molecule has 5 nitrogen and oxygen atoms in total. The Bertz CT molecular complexity index is 4770. The zero-order valence-corrected chi connectivity index (χ0v) is 41.8. The van der Waals surface area contributed by atoms with Gasteiger partial charge in [0.1, 0.15) is 0 Å². The predicted molar refractivity (Wildman–Crippen MR) is 315 cm³/mol. The van der Waals surface area contributed by atoms with Gasteiger partial charge in [0.15, 0.2) is 17.5 Å². The third kappa shape index (κ3) is 6.22. The maximum atomic E-state index is 5.56. The maximum absolute atomic E-state index is 5.56. The molecule has 4 heterocycles. The number of aromatic nitrogens is 5. The number of hydrogen-bond acceptors (Lipinski definition) is 4. The second-order valence-corrected chi connectivity index (χ2v) is 20.9. The SMILES string of the molecule is c1ccc(-c2nc(-c3ccc4c(c3)C(c3ccccc3)(c3ccccc3)c3ccccc3-4)nc(-c3cc(-n4c5ccccc5c5cc6c7ccccc7n(-c7ccccc7)c6cc54)c4c(c3)sc3ccccc34)n2)cc1. The number of fused-ring (bicyclic) bond motifs is 12. The fourth-order valence-electron chi connectivity index (χ4n) is 12.6. The summed E-state index contributed by atoms with van der Waals surface area (Å²) in [7, 11) is 0. The fourth-order valence-corrected chi connectivity index (χ4v) is 13.8. The topological polar surface area (TPSA) is 48.5 Å². The first-order valence-corrected chi connectivity index (χ1v) is 26.7. The van der Waals surface area contributed by atoms with E-state index in [1.807, 2.05) is 17.4 Å². The van der Waals surface area contributed by atoms with Gasteiger partial charge in [0, 0.05) is 64.1 Å². The molecule has 6 heteroatoms. The molecule has 4 aromatic heterocycles. The molecule has 0 radical (unpaired) electrons. The van der Waals surface area contributed by atoms with Gasteiger partial charge in [-0.1, -0.05) is 200 Å². The lowest BCUT2D eigenvalue weighted by molar-refractivity contribution is 0.768. The molecule has 15 aromatic rings. The van der Waals surface area contributed by atoms with Crippen LogP contribution in [0.4, 0.5) is 0 Å². The molecule has 354 valence electrons. The summed E-state index contributed by atoms with van der Waals surface area (Å²) >= 11 is 1.81. The van der Waals surface area contributed by atoms with Gasteiger partial charge >= 0.3 is 0 Å². The van der Waals surface area contributed by atoms with Gasteiger partial charge < -0.3 is 9.13 Å². The van der Waals surface area contributed by atoms with Crippen LogP contribution in [0.5, 0.6) is 0 Å². The largest absolute Gasteiger partial charge is 0.309 e. The molecule has 0 atom stereocenters. The van der Waals surface area contributed by atoms with Crippen molar-refractivity contribution in [3.63, 3.8) is 0 Å². The molecule has 1 aliphatic carbocycles. The van der Waals surface area contributed by atoms with Crippen molar-refractivity contribution in [1.29, 1.82) is 0 Å². The van der Waals surface area contributed by atoms with Crippen molar-refractivity contribution in [2.75, 3.05) is 0 Å². The van der Waals surface area contributed by atoms with E-state index in [-0.39, 0.29) is 0 Å². The number of thiophene rings is 1. The molecule has 11 aromatic carbocycles. The molecule has 16 rings (SSSR count). The van der Waals surface area contributed by atoms with E-state index in [4.69, 9.17) is 15.0 Å². The van der Waals surface area contributed by atoms with Crippen LogP contribution in [0.2, 0.25) is 0 Å². The lowest BCUT2D eigenvalue weighted by Crippen LogP contribution is -2.28. The quantitative estimate of drug-likeness (QED) is 0.160. The highest BCUT2D eigenvalue weighted by atomic mass is 32.1. The maximum Gasteiger partial charge on any atom is 0.164 e. The average Bonchev–Trinajstić information content (AvgIpc) is 4.35. The Balaban J connectivity index is 0.967. The minimum absolute atomic E-state index is 0.576. The highest BCUT2D eigenvalue weighted by Gasteiger charge is 2.46. The molecule has 0 amide bonds. The van der Waals surface area contributed by atoms with Gasteiger partial charge in [-0.15, -0.1) is 11.3 Å². The lowest BCUT2D eigenvalue weighted by atomic mass is 9.67. The third-order valence-electron chi connectivity index (χ3n) is 15.8. The van der Waals surface area contributed by atoms with Crippen LogP contribution < -0.4 is 0 Å². The van der Waals surface area contributed by atoms with Crippen LogP contribution in [0, 0.1) is 0 Å². The van der Waals surface area contributed by atoms with Crippen LogP contribution >= 0.6 is 11.3 Å². The second-order valence-electron chi connectivity index (χ2n) is 19.9. The highest BCUT2D eigenvalue weighted by molar-refractivity contribution is 7.26. The average molecular weight is 986 g/mol. The lowest BCUT2D eigenvalue weighted by Gasteiger charge is -2.34. The van der Waals surface area contributed by atoms with E-state index in [1.165, 1.54) is 75.9 Å². The molecule has 0 saturated heterocycles. The Morgan fingerprint density at radius 2 is 0.842 bits per heavy atom. The summed E-state index contributed by atoms with van der Waals surface area (Å²) in [4.78, 5) is 16.3. The normalized spacial score (nSPS) is 12.8. The van der Waals surface area contributed by atoms with Crippen LogP contribution in [0.3, 0.4) is 0 Å². The summed E-state index contributed by atoms with van der Waals surface area (Å²) in [6.45, 7) is 0. The summed E-state index contributed by atoms with van der Waals surface area (Å²) in [5.74, 6) is 1.84. The number of rotatable bonds is 7. The molecular formula is C70H43N5S. The summed E-state index contributed by atoms with van der Waals surface area (Å²) < 4.78 is 7.29. The zero-order chi connectivity index (χ0) is 49.9. The molecule has 0 saturated carbocycles. The van der Waals surface area contributed by atoms with Crippen molar-refractivity contribution in [2.24, 2.45) is 0 Å². The van der Waals surface area contributed by atoms with Gasteiger partial charge in [-0.05, 0) is 94.0 Å². The van der Waals surface area contributed by atoms with Crippen molar-refractivity contribution in [2.45, 2.75) is 5.41 Å². The second kappa shape index (κ2) is 16.6. The van der Waals surface area contributed by atoms with E-state index in [9.17, 15) is 0 Å². The van der Waals surface area contributed by atoms with Gasteiger partial charge in [-0.2, -0.15) is 0 Å². The van der Waals surface area contributed by atoms with Crippen LogP contribution in [-0.2, 0) is 5.41 Å². The Morgan fingerprint density at radius 1 is 0.316 bits per heavy atom. The van der Waals surface area contributed by atoms with Crippen LogP contribution in [-0.4, -0.2) is 24.1 Å². The van der Waals surface area contributed by atoms with Gasteiger partial charge in [-0.25, -0.2) is 15.0 Å². The Morgan fingerprint density at radius 3 is 1.54 bits per heavy atom. The van der Waals surface area contributed by atoms with Gasteiger partial charge in [0.05, 0.1) is 33.2 Å². The first kappa shape index (κ1) is 42.7. The third-order valence-corrected chi connectivity index (χ3v) is 16.9. The number of benzene rings is 11. The highest BCUT2D eigenvalue weighted by Crippen LogP contribution is 2.57. The number of nitrogens with zero attached hydrogens (tertiary/aromatic N) is 5. The minimum atomic E-state index is -0.576. The molecule has 0 unspecified atom stereocenters. The molecule has 1 aliphatic rings.